The second-order valence-corrected chi connectivity index (χ2v) is 9.48. The van der Waals surface area contributed by atoms with Crippen LogP contribution in [-0.2, 0) is 9.53 Å². The van der Waals surface area contributed by atoms with Crippen LogP contribution in [-0.4, -0.2) is 49.7 Å². The van der Waals surface area contributed by atoms with Gasteiger partial charge < -0.3 is 14.5 Å². The van der Waals surface area contributed by atoms with E-state index in [0.29, 0.717) is 13.0 Å². The minimum absolute atomic E-state index is 0.110. The molecule has 3 aromatic carbocycles. The second-order valence-electron chi connectivity index (χ2n) is 9.48. The summed E-state index contributed by atoms with van der Waals surface area (Å²) in [6.07, 6.45) is 1.43. The van der Waals surface area contributed by atoms with Gasteiger partial charge in [0.1, 0.15) is 6.10 Å². The summed E-state index contributed by atoms with van der Waals surface area (Å²) in [5.41, 5.74) is 5.94. The number of aryl methyl sites for hydroxylation is 2. The molecule has 4 rings (SSSR count). The maximum Gasteiger partial charge on any atom is 0.411 e. The van der Waals surface area contributed by atoms with Gasteiger partial charge in [0, 0.05) is 44.4 Å². The van der Waals surface area contributed by atoms with Crippen LogP contribution >= 0.6 is 0 Å². The molecule has 3 aromatic rings. The van der Waals surface area contributed by atoms with Crippen LogP contribution in [0, 0.1) is 13.8 Å². The predicted molar refractivity (Wildman–Crippen MR) is 145 cm³/mol. The standard InChI is InChI=1S/C30H35N3O3/c1-22-13-14-23(2)28(21-22)32(3)29(34)17-20-33-18-15-25(16-19-33)36-30(35)31-27-12-8-7-11-26(27)24-9-5-4-6-10-24/h4-14,21,25H,15-20H2,1-3H3,(H,31,35). The van der Waals surface area contributed by atoms with Crippen LogP contribution < -0.4 is 10.2 Å². The van der Waals surface area contributed by atoms with E-state index in [-0.39, 0.29) is 12.0 Å². The number of hydrogen-bond acceptors (Lipinski definition) is 4. The van der Waals surface area contributed by atoms with E-state index >= 15 is 0 Å². The molecule has 1 aliphatic rings. The fraction of sp³-hybridized carbons (Fsp3) is 0.333. The zero-order valence-electron chi connectivity index (χ0n) is 21.4. The lowest BCUT2D eigenvalue weighted by atomic mass is 10.0. The molecule has 6 heteroatoms. The molecule has 0 aliphatic carbocycles. The summed E-state index contributed by atoms with van der Waals surface area (Å²) < 4.78 is 5.73. The van der Waals surface area contributed by atoms with Crippen molar-refractivity contribution in [3.05, 3.63) is 83.9 Å². The van der Waals surface area contributed by atoms with Gasteiger partial charge in [-0.3, -0.25) is 10.1 Å². The molecule has 0 unspecified atom stereocenters. The highest BCUT2D eigenvalue weighted by atomic mass is 16.6. The first kappa shape index (κ1) is 25.5. The quantitative estimate of drug-likeness (QED) is 0.443. The van der Waals surface area contributed by atoms with Crippen molar-refractivity contribution in [3.63, 3.8) is 0 Å². The minimum Gasteiger partial charge on any atom is -0.446 e. The third kappa shape index (κ3) is 6.52. The lowest BCUT2D eigenvalue weighted by Crippen LogP contribution is -2.40. The third-order valence-corrected chi connectivity index (χ3v) is 6.80. The molecule has 36 heavy (non-hydrogen) atoms. The van der Waals surface area contributed by atoms with E-state index < -0.39 is 6.09 Å². The molecule has 1 saturated heterocycles. The smallest absolute Gasteiger partial charge is 0.411 e. The lowest BCUT2D eigenvalue weighted by molar-refractivity contribution is -0.118. The molecule has 0 saturated carbocycles. The molecule has 6 nitrogen and oxygen atoms in total. The lowest BCUT2D eigenvalue weighted by Gasteiger charge is -2.32. The Balaban J connectivity index is 1.23. The van der Waals surface area contributed by atoms with E-state index in [2.05, 4.69) is 28.4 Å². The molecule has 1 fully saturated rings. The average molecular weight is 486 g/mol. The molecule has 1 N–H and O–H groups in total. The predicted octanol–water partition coefficient (Wildman–Crippen LogP) is 6.04. The Hall–Kier alpha value is -3.64. The number of piperidine rings is 1. The van der Waals surface area contributed by atoms with Gasteiger partial charge in [-0.05, 0) is 55.5 Å². The molecule has 1 heterocycles. The van der Waals surface area contributed by atoms with Crippen LogP contribution in [0.25, 0.3) is 11.1 Å². The fourth-order valence-electron chi connectivity index (χ4n) is 4.64. The van der Waals surface area contributed by atoms with Gasteiger partial charge in [-0.15, -0.1) is 0 Å². The topological polar surface area (TPSA) is 61.9 Å². The number of ether oxygens (including phenoxy) is 1. The number of amides is 2. The molecular weight excluding hydrogens is 450 g/mol. The first-order valence-electron chi connectivity index (χ1n) is 12.6. The van der Waals surface area contributed by atoms with E-state index in [0.717, 1.165) is 59.6 Å². The Labute approximate surface area is 213 Å². The summed E-state index contributed by atoms with van der Waals surface area (Å²) in [5.74, 6) is 0.110. The monoisotopic (exact) mass is 485 g/mol. The zero-order chi connectivity index (χ0) is 25.5. The van der Waals surface area contributed by atoms with Crippen molar-refractivity contribution in [1.82, 2.24) is 4.90 Å². The SMILES string of the molecule is Cc1ccc(C)c(N(C)C(=O)CCN2CCC(OC(=O)Nc3ccccc3-c3ccccc3)CC2)c1. The Morgan fingerprint density at radius 1 is 0.972 bits per heavy atom. The van der Waals surface area contributed by atoms with E-state index in [1.807, 2.05) is 75.5 Å². The van der Waals surface area contributed by atoms with Crippen molar-refractivity contribution in [2.45, 2.75) is 39.2 Å². The Morgan fingerprint density at radius 3 is 2.42 bits per heavy atom. The van der Waals surface area contributed by atoms with Crippen LogP contribution in [0.2, 0.25) is 0 Å². The number of nitrogens with one attached hydrogen (secondary N) is 1. The summed E-state index contributed by atoms with van der Waals surface area (Å²) in [5, 5.41) is 2.92. The van der Waals surface area contributed by atoms with Crippen LogP contribution in [0.15, 0.2) is 72.8 Å². The molecule has 0 atom stereocenters. The largest absolute Gasteiger partial charge is 0.446 e. The van der Waals surface area contributed by atoms with Crippen molar-refractivity contribution in [2.75, 3.05) is 36.9 Å². The molecule has 0 bridgehead atoms. The van der Waals surface area contributed by atoms with Crippen LogP contribution in [0.5, 0.6) is 0 Å². The van der Waals surface area contributed by atoms with E-state index in [1.54, 1.807) is 4.90 Å². The third-order valence-electron chi connectivity index (χ3n) is 6.80. The zero-order valence-corrected chi connectivity index (χ0v) is 21.4. The second kappa shape index (κ2) is 11.9. The number of hydrogen-bond donors (Lipinski definition) is 1. The van der Waals surface area contributed by atoms with Crippen LogP contribution in [0.1, 0.15) is 30.4 Å². The number of benzene rings is 3. The van der Waals surface area contributed by atoms with Crippen molar-refractivity contribution in [1.29, 1.82) is 0 Å². The molecule has 0 aromatic heterocycles. The highest BCUT2D eigenvalue weighted by molar-refractivity contribution is 5.94. The van der Waals surface area contributed by atoms with E-state index in [1.165, 1.54) is 0 Å². The van der Waals surface area contributed by atoms with Crippen molar-refractivity contribution in [2.24, 2.45) is 0 Å². The van der Waals surface area contributed by atoms with Gasteiger partial charge >= 0.3 is 6.09 Å². The molecule has 1 aliphatic heterocycles. The summed E-state index contributed by atoms with van der Waals surface area (Å²) in [6.45, 7) is 6.38. The highest BCUT2D eigenvalue weighted by Gasteiger charge is 2.24. The van der Waals surface area contributed by atoms with Gasteiger partial charge in [-0.25, -0.2) is 4.79 Å². The number of carbonyl (C=O) groups is 2. The Bertz CT molecular complexity index is 1190. The molecule has 2 amide bonds. The first-order chi connectivity index (χ1) is 17.4. The molecule has 188 valence electrons. The van der Waals surface area contributed by atoms with Crippen LogP contribution in [0.3, 0.4) is 0 Å². The van der Waals surface area contributed by atoms with Crippen molar-refractivity contribution >= 4 is 23.4 Å². The Morgan fingerprint density at radius 2 is 1.67 bits per heavy atom. The summed E-state index contributed by atoms with van der Waals surface area (Å²) in [7, 11) is 1.85. The number of para-hydroxylation sites is 1. The molecule has 0 spiro atoms. The van der Waals surface area contributed by atoms with Gasteiger partial charge in [0.25, 0.3) is 0 Å². The summed E-state index contributed by atoms with van der Waals surface area (Å²) in [4.78, 5) is 29.4. The number of rotatable bonds is 7. The number of anilines is 2. The summed E-state index contributed by atoms with van der Waals surface area (Å²) >= 11 is 0. The van der Waals surface area contributed by atoms with Gasteiger partial charge in [0.05, 0.1) is 5.69 Å². The van der Waals surface area contributed by atoms with Gasteiger partial charge in [-0.1, -0.05) is 60.7 Å². The number of nitrogens with zero attached hydrogens (tertiary/aromatic N) is 2. The number of carbonyl (C=O) groups excluding carboxylic acids is 2. The highest BCUT2D eigenvalue weighted by Crippen LogP contribution is 2.28. The average Bonchev–Trinajstić information content (AvgIpc) is 2.90. The Kier molecular flexibility index (Phi) is 8.39. The molecular formula is C30H35N3O3. The van der Waals surface area contributed by atoms with Gasteiger partial charge in [-0.2, -0.15) is 0 Å². The van der Waals surface area contributed by atoms with E-state index in [9.17, 15) is 9.59 Å². The van der Waals surface area contributed by atoms with Gasteiger partial charge in [0.15, 0.2) is 0 Å². The van der Waals surface area contributed by atoms with Crippen molar-refractivity contribution < 1.29 is 14.3 Å². The summed E-state index contributed by atoms with van der Waals surface area (Å²) in [6, 6.07) is 23.9. The first-order valence-corrected chi connectivity index (χ1v) is 12.6. The van der Waals surface area contributed by atoms with Crippen molar-refractivity contribution in [3.8, 4) is 11.1 Å². The van der Waals surface area contributed by atoms with Crippen LogP contribution in [0.4, 0.5) is 16.2 Å². The minimum atomic E-state index is -0.429. The normalized spacial score (nSPS) is 14.3. The number of likely N-dealkylation sites (tertiary alicyclic amines) is 1. The van der Waals surface area contributed by atoms with E-state index in [4.69, 9.17) is 4.74 Å². The van der Waals surface area contributed by atoms with Gasteiger partial charge in [0.2, 0.25) is 5.91 Å². The maximum absolute atomic E-state index is 12.8. The molecule has 0 radical (unpaired) electrons. The maximum atomic E-state index is 12.8. The fourth-order valence-corrected chi connectivity index (χ4v) is 4.64.